The highest BCUT2D eigenvalue weighted by atomic mass is 32.1. The molecular weight excluding hydrogens is 491 g/mol. The highest BCUT2D eigenvalue weighted by molar-refractivity contribution is 7.18. The van der Waals surface area contributed by atoms with Crippen LogP contribution in [0.1, 0.15) is 11.1 Å². The summed E-state index contributed by atoms with van der Waals surface area (Å²) in [5, 5.41) is 16.5. The molecule has 1 aromatic heterocycles. The van der Waals surface area contributed by atoms with Crippen LogP contribution in [0.25, 0.3) is 10.6 Å². The minimum atomic E-state index is -4.55. The summed E-state index contributed by atoms with van der Waals surface area (Å²) in [5.74, 6) is -0.547. The van der Waals surface area contributed by atoms with Crippen LogP contribution in [-0.4, -0.2) is 28.2 Å². The molecule has 0 spiro atoms. The van der Waals surface area contributed by atoms with E-state index < -0.39 is 29.7 Å². The van der Waals surface area contributed by atoms with Crippen LogP contribution < -0.4 is 16.0 Å². The number of aromatic nitrogens is 2. The third-order valence-electron chi connectivity index (χ3n) is 5.03. The van der Waals surface area contributed by atoms with Gasteiger partial charge in [0.2, 0.25) is 11.0 Å². The number of anilines is 2. The molecule has 1 heterocycles. The molecule has 11 heteroatoms. The predicted molar refractivity (Wildman–Crippen MR) is 132 cm³/mol. The van der Waals surface area contributed by atoms with Gasteiger partial charge >= 0.3 is 12.2 Å². The second kappa shape index (κ2) is 11.0. The maximum Gasteiger partial charge on any atom is 0.416 e. The summed E-state index contributed by atoms with van der Waals surface area (Å²) in [6.45, 7) is 0. The first-order valence-electron chi connectivity index (χ1n) is 10.8. The lowest BCUT2D eigenvalue weighted by atomic mass is 10.1. The number of nitrogens with one attached hydrogen (secondary N) is 3. The van der Waals surface area contributed by atoms with Crippen LogP contribution in [0.2, 0.25) is 0 Å². The van der Waals surface area contributed by atoms with E-state index in [9.17, 15) is 22.8 Å². The molecule has 0 aliphatic rings. The molecule has 184 valence electrons. The van der Waals surface area contributed by atoms with Crippen molar-refractivity contribution in [1.29, 1.82) is 0 Å². The van der Waals surface area contributed by atoms with Crippen LogP contribution in [-0.2, 0) is 17.4 Å². The maximum atomic E-state index is 13.1. The van der Waals surface area contributed by atoms with Crippen molar-refractivity contribution in [3.8, 4) is 10.6 Å². The number of halogens is 3. The molecule has 0 saturated heterocycles. The molecule has 0 fully saturated rings. The number of alkyl halides is 3. The van der Waals surface area contributed by atoms with E-state index in [0.29, 0.717) is 5.01 Å². The lowest BCUT2D eigenvalue weighted by molar-refractivity contribution is -0.137. The summed E-state index contributed by atoms with van der Waals surface area (Å²) in [7, 11) is 0. The summed E-state index contributed by atoms with van der Waals surface area (Å²) in [5.41, 5.74) is 0.663. The number of rotatable bonds is 7. The fourth-order valence-corrected chi connectivity index (χ4v) is 4.07. The third kappa shape index (κ3) is 6.66. The molecule has 1 atom stereocenters. The predicted octanol–water partition coefficient (Wildman–Crippen LogP) is 5.60. The number of amides is 3. The zero-order valence-corrected chi connectivity index (χ0v) is 19.4. The zero-order valence-electron chi connectivity index (χ0n) is 18.6. The Labute approximate surface area is 208 Å². The van der Waals surface area contributed by atoms with E-state index in [1.807, 2.05) is 36.4 Å². The molecule has 4 rings (SSSR count). The Morgan fingerprint density at radius 3 is 2.25 bits per heavy atom. The van der Waals surface area contributed by atoms with E-state index in [2.05, 4.69) is 26.1 Å². The summed E-state index contributed by atoms with van der Waals surface area (Å²) >= 11 is 1.17. The Kier molecular flexibility index (Phi) is 7.59. The van der Waals surface area contributed by atoms with Crippen molar-refractivity contribution in [3.63, 3.8) is 0 Å². The van der Waals surface area contributed by atoms with Crippen molar-refractivity contribution in [2.24, 2.45) is 0 Å². The van der Waals surface area contributed by atoms with Gasteiger partial charge in [-0.15, -0.1) is 10.2 Å². The smallest absolute Gasteiger partial charge is 0.326 e. The molecule has 0 aliphatic heterocycles. The average molecular weight is 512 g/mol. The largest absolute Gasteiger partial charge is 0.416 e. The number of hydrogen-bond acceptors (Lipinski definition) is 5. The van der Waals surface area contributed by atoms with Crippen molar-refractivity contribution in [2.75, 3.05) is 10.6 Å². The molecule has 4 aromatic rings. The lowest BCUT2D eigenvalue weighted by Gasteiger charge is -2.18. The Hall–Kier alpha value is -4.25. The Balaban J connectivity index is 1.47. The van der Waals surface area contributed by atoms with Crippen LogP contribution >= 0.6 is 11.3 Å². The van der Waals surface area contributed by atoms with Crippen LogP contribution in [0.3, 0.4) is 0 Å². The number of urea groups is 1. The molecule has 3 amide bonds. The van der Waals surface area contributed by atoms with Crippen molar-refractivity contribution < 1.29 is 22.8 Å². The Morgan fingerprint density at radius 2 is 1.56 bits per heavy atom. The fraction of sp³-hybridized carbons (Fsp3) is 0.120. The monoisotopic (exact) mass is 511 g/mol. The second-order valence-corrected chi connectivity index (χ2v) is 8.66. The van der Waals surface area contributed by atoms with Crippen molar-refractivity contribution in [3.05, 3.63) is 96.1 Å². The van der Waals surface area contributed by atoms with Gasteiger partial charge in [-0.3, -0.25) is 10.1 Å². The van der Waals surface area contributed by atoms with E-state index >= 15 is 0 Å². The lowest BCUT2D eigenvalue weighted by Crippen LogP contribution is -2.46. The van der Waals surface area contributed by atoms with Crippen LogP contribution in [0.4, 0.5) is 28.8 Å². The second-order valence-electron chi connectivity index (χ2n) is 7.69. The van der Waals surface area contributed by atoms with Gasteiger partial charge in [-0.05, 0) is 23.8 Å². The van der Waals surface area contributed by atoms with Gasteiger partial charge in [0, 0.05) is 17.7 Å². The van der Waals surface area contributed by atoms with E-state index in [-0.39, 0.29) is 17.2 Å². The first-order valence-corrected chi connectivity index (χ1v) is 11.6. The molecule has 3 N–H and O–H groups in total. The fourth-order valence-electron chi connectivity index (χ4n) is 3.32. The summed E-state index contributed by atoms with van der Waals surface area (Å²) < 4.78 is 39.0. The first-order chi connectivity index (χ1) is 17.3. The molecule has 1 unspecified atom stereocenters. The van der Waals surface area contributed by atoms with E-state index in [1.54, 1.807) is 24.3 Å². The normalized spacial score (nSPS) is 12.0. The van der Waals surface area contributed by atoms with Crippen molar-refractivity contribution in [2.45, 2.75) is 18.6 Å². The topological polar surface area (TPSA) is 96.0 Å². The van der Waals surface area contributed by atoms with E-state index in [1.165, 1.54) is 23.5 Å². The summed E-state index contributed by atoms with van der Waals surface area (Å²) in [6, 6.07) is 20.7. The number of carbonyl (C=O) groups is 2. The quantitative estimate of drug-likeness (QED) is 0.301. The van der Waals surface area contributed by atoms with Crippen molar-refractivity contribution in [1.82, 2.24) is 15.5 Å². The number of benzene rings is 3. The van der Waals surface area contributed by atoms with Crippen LogP contribution in [0.15, 0.2) is 84.9 Å². The van der Waals surface area contributed by atoms with E-state index in [4.69, 9.17) is 0 Å². The van der Waals surface area contributed by atoms with Gasteiger partial charge in [-0.1, -0.05) is 78.1 Å². The third-order valence-corrected chi connectivity index (χ3v) is 5.92. The molecule has 0 saturated carbocycles. The first kappa shape index (κ1) is 24.9. The average Bonchev–Trinajstić information content (AvgIpc) is 3.33. The summed E-state index contributed by atoms with van der Waals surface area (Å²) in [6.07, 6.45) is -4.41. The minimum absolute atomic E-state index is 0.0576. The Morgan fingerprint density at radius 1 is 0.861 bits per heavy atom. The SMILES string of the molecule is O=C(Nc1cccc(C(F)(F)F)c1)NC(Cc1ccccc1)C(=O)Nc1nnc(-c2ccccc2)s1. The van der Waals surface area contributed by atoms with Gasteiger partial charge < -0.3 is 10.6 Å². The molecule has 0 radical (unpaired) electrons. The minimum Gasteiger partial charge on any atom is -0.326 e. The molecule has 3 aromatic carbocycles. The summed E-state index contributed by atoms with van der Waals surface area (Å²) in [4.78, 5) is 25.7. The highest BCUT2D eigenvalue weighted by Gasteiger charge is 2.30. The van der Waals surface area contributed by atoms with E-state index in [0.717, 1.165) is 23.3 Å². The molecule has 0 aliphatic carbocycles. The molecular formula is C25H20F3N5O2S. The van der Waals surface area contributed by atoms with Crippen molar-refractivity contribution >= 4 is 34.1 Å². The maximum absolute atomic E-state index is 13.1. The van der Waals surface area contributed by atoms with Gasteiger partial charge in [0.15, 0.2) is 0 Å². The van der Waals surface area contributed by atoms with Gasteiger partial charge in [0.25, 0.3) is 0 Å². The van der Waals surface area contributed by atoms with Crippen LogP contribution in [0.5, 0.6) is 0 Å². The van der Waals surface area contributed by atoms with Gasteiger partial charge in [-0.2, -0.15) is 13.2 Å². The van der Waals surface area contributed by atoms with Gasteiger partial charge in [-0.25, -0.2) is 4.79 Å². The molecule has 7 nitrogen and oxygen atoms in total. The van der Waals surface area contributed by atoms with Gasteiger partial charge in [0.1, 0.15) is 11.0 Å². The zero-order chi connectivity index (χ0) is 25.5. The molecule has 36 heavy (non-hydrogen) atoms. The molecule has 0 bridgehead atoms. The standard InChI is InChI=1S/C25H20F3N5O2S/c26-25(27,28)18-12-7-13-19(15-18)29-23(35)30-20(14-16-8-3-1-4-9-16)21(34)31-24-33-32-22(36-24)17-10-5-2-6-11-17/h1-13,15,20H,14H2,(H2,29,30,35)(H,31,33,34). The number of carbonyl (C=O) groups excluding carboxylic acids is 2. The Bertz CT molecular complexity index is 1330. The number of nitrogens with zero attached hydrogens (tertiary/aromatic N) is 2. The highest BCUT2D eigenvalue weighted by Crippen LogP contribution is 2.30. The van der Waals surface area contributed by atoms with Crippen LogP contribution in [0, 0.1) is 0 Å². The van der Waals surface area contributed by atoms with Gasteiger partial charge in [0.05, 0.1) is 5.56 Å². The number of hydrogen-bond donors (Lipinski definition) is 3.